The summed E-state index contributed by atoms with van der Waals surface area (Å²) in [5.74, 6) is 0.946. The molecule has 2 aromatic heterocycles. The summed E-state index contributed by atoms with van der Waals surface area (Å²) in [6, 6.07) is 13.4. The van der Waals surface area contributed by atoms with Gasteiger partial charge in [-0.15, -0.1) is 0 Å². The molecule has 0 aliphatic rings. The topological polar surface area (TPSA) is 79.9 Å². The largest absolute Gasteiger partial charge is 0.494 e. The Kier molecular flexibility index (Phi) is 5.61. The molecule has 0 fully saturated rings. The number of hydrogen-bond donors (Lipinski definition) is 2. The first kappa shape index (κ1) is 20.2. The quantitative estimate of drug-likeness (QED) is 0.418. The van der Waals surface area contributed by atoms with Gasteiger partial charge >= 0.3 is 0 Å². The summed E-state index contributed by atoms with van der Waals surface area (Å²) < 4.78 is 5.46. The highest BCUT2D eigenvalue weighted by Gasteiger charge is 2.21. The zero-order chi connectivity index (χ0) is 21.3. The van der Waals surface area contributed by atoms with Crippen LogP contribution in [-0.2, 0) is 0 Å². The van der Waals surface area contributed by atoms with Crippen molar-refractivity contribution in [1.29, 1.82) is 0 Å². The van der Waals surface area contributed by atoms with Gasteiger partial charge in [-0.25, -0.2) is 4.98 Å². The number of ether oxygens (including phenoxy) is 1. The van der Waals surface area contributed by atoms with E-state index in [1.807, 2.05) is 30.3 Å². The number of nitrogens with one attached hydrogen (secondary N) is 2. The van der Waals surface area contributed by atoms with Crippen molar-refractivity contribution in [2.45, 2.75) is 12.8 Å². The third-order valence-corrected chi connectivity index (χ3v) is 5.46. The summed E-state index contributed by atoms with van der Waals surface area (Å²) in [5.41, 5.74) is 2.94. The van der Waals surface area contributed by atoms with Gasteiger partial charge in [0.2, 0.25) is 0 Å². The molecule has 1 amide bonds. The molecule has 0 saturated carbocycles. The van der Waals surface area contributed by atoms with Crippen molar-refractivity contribution in [2.75, 3.05) is 12.4 Å². The predicted octanol–water partition coefficient (Wildman–Crippen LogP) is 5.68. The van der Waals surface area contributed by atoms with Crippen LogP contribution in [0.3, 0.4) is 0 Å². The Bertz CT molecular complexity index is 1200. The number of nitrogens with zero attached hydrogens (tertiary/aromatic N) is 2. The zero-order valence-corrected chi connectivity index (χ0v) is 17.8. The fraction of sp³-hybridized carbons (Fsp3) is 0.136. The normalized spacial score (nSPS) is 12.0. The number of benzene rings is 2. The number of anilines is 1. The van der Waals surface area contributed by atoms with E-state index in [0.717, 1.165) is 11.4 Å². The molecule has 0 bridgehead atoms. The number of methoxy groups -OCH3 is 1. The van der Waals surface area contributed by atoms with Crippen molar-refractivity contribution in [1.82, 2.24) is 15.0 Å². The molecule has 2 aromatic carbocycles. The van der Waals surface area contributed by atoms with Gasteiger partial charge in [0.1, 0.15) is 22.6 Å². The number of carbonyl (C=O) groups excluding carboxylic acids is 1. The third kappa shape index (κ3) is 3.72. The predicted molar refractivity (Wildman–Crippen MR) is 119 cm³/mol. The van der Waals surface area contributed by atoms with Gasteiger partial charge in [-0.2, -0.15) is 0 Å². The number of pyridine rings is 1. The van der Waals surface area contributed by atoms with E-state index < -0.39 is 0 Å². The van der Waals surface area contributed by atoms with Crippen LogP contribution in [0.4, 0.5) is 5.69 Å². The van der Waals surface area contributed by atoms with E-state index in [4.69, 9.17) is 32.9 Å². The number of rotatable bonds is 5. The average molecular weight is 441 g/mol. The van der Waals surface area contributed by atoms with Crippen LogP contribution in [0.25, 0.3) is 11.0 Å². The maximum Gasteiger partial charge on any atom is 0.258 e. The summed E-state index contributed by atoms with van der Waals surface area (Å²) in [4.78, 5) is 25.0. The van der Waals surface area contributed by atoms with E-state index in [2.05, 4.69) is 22.2 Å². The van der Waals surface area contributed by atoms with Crippen LogP contribution in [0, 0.1) is 0 Å². The molecule has 8 heteroatoms. The lowest BCUT2D eigenvalue weighted by Crippen LogP contribution is -2.13. The summed E-state index contributed by atoms with van der Waals surface area (Å²) in [6.07, 6.45) is 2.84. The van der Waals surface area contributed by atoms with Crippen LogP contribution in [0.2, 0.25) is 10.0 Å². The lowest BCUT2D eigenvalue weighted by Gasteiger charge is -2.10. The van der Waals surface area contributed by atoms with E-state index in [9.17, 15) is 4.79 Å². The van der Waals surface area contributed by atoms with Gasteiger partial charge in [-0.3, -0.25) is 9.78 Å². The standard InChI is InChI=1S/C22H18Cl2N4O2/c1-12(13-6-4-3-5-7-13)21-26-18-14(8-9-17(30-2)20(18)27-21)22(29)28-19-15(23)10-25-11-16(19)24/h3-12H,1-2H3,(H,26,27)(H,25,28,29). The zero-order valence-electron chi connectivity index (χ0n) is 16.2. The Morgan fingerprint density at radius 3 is 2.47 bits per heavy atom. The van der Waals surface area contributed by atoms with E-state index in [0.29, 0.717) is 28.0 Å². The van der Waals surface area contributed by atoms with E-state index in [1.165, 1.54) is 12.4 Å². The van der Waals surface area contributed by atoms with Crippen LogP contribution in [0.1, 0.15) is 34.6 Å². The average Bonchev–Trinajstić information content (AvgIpc) is 3.21. The minimum Gasteiger partial charge on any atom is -0.494 e. The first-order chi connectivity index (χ1) is 14.5. The number of halogens is 2. The van der Waals surface area contributed by atoms with Crippen LogP contribution in [0.5, 0.6) is 5.75 Å². The fourth-order valence-corrected chi connectivity index (χ4v) is 3.71. The van der Waals surface area contributed by atoms with Gasteiger partial charge in [0.15, 0.2) is 0 Å². The molecule has 0 spiro atoms. The summed E-state index contributed by atoms with van der Waals surface area (Å²) >= 11 is 12.3. The maximum absolute atomic E-state index is 13.0. The second-order valence-electron chi connectivity index (χ2n) is 6.73. The molecular weight excluding hydrogens is 423 g/mol. The number of amides is 1. The van der Waals surface area contributed by atoms with Crippen LogP contribution < -0.4 is 10.1 Å². The number of imidazole rings is 1. The highest BCUT2D eigenvalue weighted by atomic mass is 35.5. The van der Waals surface area contributed by atoms with Gasteiger partial charge in [-0.05, 0) is 17.7 Å². The summed E-state index contributed by atoms with van der Waals surface area (Å²) in [7, 11) is 1.58. The monoisotopic (exact) mass is 440 g/mol. The van der Waals surface area contributed by atoms with Crippen LogP contribution in [-0.4, -0.2) is 28.0 Å². The van der Waals surface area contributed by atoms with Crippen LogP contribution in [0.15, 0.2) is 54.9 Å². The summed E-state index contributed by atoms with van der Waals surface area (Å²) in [6.45, 7) is 2.05. The number of aromatic amines is 1. The molecule has 0 saturated heterocycles. The smallest absolute Gasteiger partial charge is 0.258 e. The molecule has 2 heterocycles. The molecule has 4 rings (SSSR count). The van der Waals surface area contributed by atoms with Crippen molar-refractivity contribution in [3.05, 3.63) is 81.9 Å². The number of fused-ring (bicyclic) bond motifs is 1. The minimum atomic E-state index is -0.386. The Hall–Kier alpha value is -3.09. The number of H-pyrrole nitrogens is 1. The molecule has 1 unspecified atom stereocenters. The fourth-order valence-electron chi connectivity index (χ4n) is 3.26. The number of aromatic nitrogens is 3. The van der Waals surface area contributed by atoms with Gasteiger partial charge in [0, 0.05) is 18.3 Å². The minimum absolute atomic E-state index is 0.00306. The lowest BCUT2D eigenvalue weighted by molar-refractivity contribution is 0.102. The molecular formula is C22H18Cl2N4O2. The maximum atomic E-state index is 13.0. The van der Waals surface area contributed by atoms with Gasteiger partial charge in [0.25, 0.3) is 5.91 Å². The molecule has 1 atom stereocenters. The number of hydrogen-bond acceptors (Lipinski definition) is 4. The molecule has 0 aliphatic carbocycles. The van der Waals surface area contributed by atoms with Gasteiger partial charge < -0.3 is 15.0 Å². The van der Waals surface area contributed by atoms with Gasteiger partial charge in [0.05, 0.1) is 28.4 Å². The van der Waals surface area contributed by atoms with Gasteiger partial charge in [-0.1, -0.05) is 60.5 Å². The Labute approximate surface area is 183 Å². The van der Waals surface area contributed by atoms with Crippen molar-refractivity contribution < 1.29 is 9.53 Å². The summed E-state index contributed by atoms with van der Waals surface area (Å²) in [5, 5.41) is 3.26. The second-order valence-corrected chi connectivity index (χ2v) is 7.54. The number of carbonyl (C=O) groups is 1. The molecule has 30 heavy (non-hydrogen) atoms. The first-order valence-electron chi connectivity index (χ1n) is 9.21. The first-order valence-corrected chi connectivity index (χ1v) is 9.97. The lowest BCUT2D eigenvalue weighted by atomic mass is 10.0. The Morgan fingerprint density at radius 1 is 1.10 bits per heavy atom. The van der Waals surface area contributed by atoms with Crippen molar-refractivity contribution in [3.8, 4) is 5.75 Å². The van der Waals surface area contributed by atoms with Crippen molar-refractivity contribution >= 4 is 45.8 Å². The highest BCUT2D eigenvalue weighted by molar-refractivity contribution is 6.39. The second kappa shape index (κ2) is 8.34. The van der Waals surface area contributed by atoms with E-state index in [1.54, 1.807) is 19.2 Å². The van der Waals surface area contributed by atoms with Crippen LogP contribution >= 0.6 is 23.2 Å². The van der Waals surface area contributed by atoms with E-state index >= 15 is 0 Å². The Morgan fingerprint density at radius 2 is 1.80 bits per heavy atom. The molecule has 4 aromatic rings. The molecule has 0 radical (unpaired) electrons. The SMILES string of the molecule is COc1ccc(C(=O)Nc2c(Cl)cncc2Cl)c2nc(C(C)c3ccccc3)[nH]c12. The molecule has 0 aliphatic heterocycles. The van der Waals surface area contributed by atoms with Crippen molar-refractivity contribution in [2.24, 2.45) is 0 Å². The third-order valence-electron chi connectivity index (χ3n) is 4.89. The molecule has 2 N–H and O–H groups in total. The molecule has 6 nitrogen and oxygen atoms in total. The van der Waals surface area contributed by atoms with Crippen molar-refractivity contribution in [3.63, 3.8) is 0 Å². The van der Waals surface area contributed by atoms with E-state index in [-0.39, 0.29) is 21.9 Å². The Balaban J connectivity index is 1.77. The highest BCUT2D eigenvalue weighted by Crippen LogP contribution is 2.33. The molecule has 152 valence electrons.